The van der Waals surface area contributed by atoms with E-state index in [1.165, 1.54) is 0 Å². The maximum absolute atomic E-state index is 11.2. The van der Waals surface area contributed by atoms with Crippen LogP contribution in [0.3, 0.4) is 0 Å². The molecule has 0 radical (unpaired) electrons. The van der Waals surface area contributed by atoms with Gasteiger partial charge in [0.2, 0.25) is 0 Å². The first-order valence-corrected chi connectivity index (χ1v) is 6.85. The Morgan fingerprint density at radius 3 is 2.80 bits per heavy atom. The van der Waals surface area contributed by atoms with Crippen molar-refractivity contribution in [3.8, 4) is 0 Å². The van der Waals surface area contributed by atoms with Crippen LogP contribution in [0.25, 0.3) is 11.0 Å². The van der Waals surface area contributed by atoms with Crippen LogP contribution in [0, 0.1) is 5.92 Å². The van der Waals surface area contributed by atoms with Crippen molar-refractivity contribution in [3.05, 3.63) is 29.0 Å². The van der Waals surface area contributed by atoms with E-state index in [1.54, 1.807) is 6.07 Å². The van der Waals surface area contributed by atoms with Crippen molar-refractivity contribution in [2.45, 2.75) is 26.4 Å². The number of benzene rings is 1. The minimum Gasteiger partial charge on any atom is -0.480 e. The molecule has 0 fully saturated rings. The fourth-order valence-electron chi connectivity index (χ4n) is 2.18. The Morgan fingerprint density at radius 1 is 1.50 bits per heavy atom. The van der Waals surface area contributed by atoms with Crippen molar-refractivity contribution in [2.24, 2.45) is 13.0 Å². The molecule has 5 nitrogen and oxygen atoms in total. The molecular weight excluding hydrogens is 278 g/mol. The van der Waals surface area contributed by atoms with Gasteiger partial charge in [0.15, 0.2) is 0 Å². The lowest BCUT2D eigenvalue weighted by Gasteiger charge is -2.17. The molecule has 108 valence electrons. The summed E-state index contributed by atoms with van der Waals surface area (Å²) in [6.45, 7) is 4.15. The second-order valence-corrected chi connectivity index (χ2v) is 5.60. The molecule has 0 aliphatic rings. The number of aromatic nitrogens is 2. The Balaban J connectivity index is 2.22. The SMILES string of the molecule is CC(C)[C@H](NCc1nc2ccc(Cl)cc2n1C)C(=O)O. The van der Waals surface area contributed by atoms with Gasteiger partial charge in [-0.2, -0.15) is 0 Å². The summed E-state index contributed by atoms with van der Waals surface area (Å²) in [5.41, 5.74) is 1.79. The van der Waals surface area contributed by atoms with Gasteiger partial charge in [-0.25, -0.2) is 4.98 Å². The molecule has 0 saturated carbocycles. The average Bonchev–Trinajstić information content (AvgIpc) is 2.66. The number of fused-ring (bicyclic) bond motifs is 1. The number of rotatable bonds is 5. The number of aliphatic carboxylic acids is 1. The largest absolute Gasteiger partial charge is 0.480 e. The molecule has 2 rings (SSSR count). The van der Waals surface area contributed by atoms with E-state index in [-0.39, 0.29) is 5.92 Å². The predicted octanol–water partition coefficient (Wildman–Crippen LogP) is 2.43. The van der Waals surface area contributed by atoms with Crippen LogP contribution in [-0.2, 0) is 18.4 Å². The molecule has 0 bridgehead atoms. The first-order valence-electron chi connectivity index (χ1n) is 6.47. The van der Waals surface area contributed by atoms with Gasteiger partial charge in [0.25, 0.3) is 0 Å². The highest BCUT2D eigenvalue weighted by atomic mass is 35.5. The summed E-state index contributed by atoms with van der Waals surface area (Å²) in [6, 6.07) is 4.92. The van der Waals surface area contributed by atoms with Crippen molar-refractivity contribution < 1.29 is 9.90 Å². The van der Waals surface area contributed by atoms with Crippen LogP contribution in [0.4, 0.5) is 0 Å². The monoisotopic (exact) mass is 295 g/mol. The molecule has 1 heterocycles. The standard InChI is InChI=1S/C14H18ClN3O2/c1-8(2)13(14(19)20)16-7-12-17-10-5-4-9(15)6-11(10)18(12)3/h4-6,8,13,16H,7H2,1-3H3,(H,19,20)/t13-/m0/s1. The fourth-order valence-corrected chi connectivity index (χ4v) is 2.35. The van der Waals surface area contributed by atoms with Crippen LogP contribution in [-0.4, -0.2) is 26.7 Å². The van der Waals surface area contributed by atoms with Gasteiger partial charge >= 0.3 is 5.97 Å². The van der Waals surface area contributed by atoms with E-state index in [2.05, 4.69) is 10.3 Å². The van der Waals surface area contributed by atoms with E-state index in [0.29, 0.717) is 11.6 Å². The van der Waals surface area contributed by atoms with E-state index in [0.717, 1.165) is 16.9 Å². The summed E-state index contributed by atoms with van der Waals surface area (Å²) in [5, 5.41) is 12.9. The van der Waals surface area contributed by atoms with Crippen molar-refractivity contribution in [2.75, 3.05) is 0 Å². The highest BCUT2D eigenvalue weighted by Gasteiger charge is 2.21. The Bertz CT molecular complexity index is 637. The quantitative estimate of drug-likeness (QED) is 0.889. The number of hydrogen-bond acceptors (Lipinski definition) is 3. The van der Waals surface area contributed by atoms with Crippen LogP contribution < -0.4 is 5.32 Å². The Kier molecular flexibility index (Phi) is 4.30. The molecule has 0 amide bonds. The van der Waals surface area contributed by atoms with Crippen LogP contribution in [0.1, 0.15) is 19.7 Å². The van der Waals surface area contributed by atoms with Crippen molar-refractivity contribution in [1.82, 2.24) is 14.9 Å². The number of imidazole rings is 1. The van der Waals surface area contributed by atoms with Gasteiger partial charge in [0, 0.05) is 12.1 Å². The van der Waals surface area contributed by atoms with Gasteiger partial charge in [-0.05, 0) is 24.1 Å². The molecule has 0 aliphatic carbocycles. The number of carboxylic acid groups (broad SMARTS) is 1. The summed E-state index contributed by atoms with van der Waals surface area (Å²) in [5.74, 6) is -0.0485. The number of carbonyl (C=O) groups is 1. The molecule has 1 aromatic heterocycles. The number of nitrogens with one attached hydrogen (secondary N) is 1. The molecule has 0 unspecified atom stereocenters. The average molecular weight is 296 g/mol. The number of aryl methyl sites for hydroxylation is 1. The van der Waals surface area contributed by atoms with Crippen LogP contribution in [0.2, 0.25) is 5.02 Å². The smallest absolute Gasteiger partial charge is 0.320 e. The normalized spacial score (nSPS) is 13.1. The number of halogens is 1. The fraction of sp³-hybridized carbons (Fsp3) is 0.429. The lowest BCUT2D eigenvalue weighted by molar-refractivity contribution is -0.140. The number of carboxylic acids is 1. The third kappa shape index (κ3) is 2.94. The van der Waals surface area contributed by atoms with Crippen molar-refractivity contribution >= 4 is 28.6 Å². The Hall–Kier alpha value is -1.59. The van der Waals surface area contributed by atoms with Gasteiger partial charge in [0.05, 0.1) is 17.6 Å². The van der Waals surface area contributed by atoms with E-state index < -0.39 is 12.0 Å². The first-order chi connectivity index (χ1) is 9.40. The summed E-state index contributed by atoms with van der Waals surface area (Å²) in [7, 11) is 1.90. The zero-order chi connectivity index (χ0) is 14.9. The summed E-state index contributed by atoms with van der Waals surface area (Å²) < 4.78 is 1.92. The molecular formula is C14H18ClN3O2. The van der Waals surface area contributed by atoms with Gasteiger partial charge in [-0.15, -0.1) is 0 Å². The highest BCUT2D eigenvalue weighted by Crippen LogP contribution is 2.19. The number of hydrogen-bond donors (Lipinski definition) is 2. The summed E-state index contributed by atoms with van der Waals surface area (Å²) in [4.78, 5) is 15.6. The van der Waals surface area contributed by atoms with E-state index in [4.69, 9.17) is 16.7 Å². The molecule has 2 aromatic rings. The lowest BCUT2D eigenvalue weighted by atomic mass is 10.1. The molecule has 0 spiro atoms. The second-order valence-electron chi connectivity index (χ2n) is 5.16. The molecule has 2 N–H and O–H groups in total. The minimum absolute atomic E-state index is 0.0108. The van der Waals surface area contributed by atoms with Crippen molar-refractivity contribution in [3.63, 3.8) is 0 Å². The first kappa shape index (κ1) is 14.8. The zero-order valence-electron chi connectivity index (χ0n) is 11.7. The topological polar surface area (TPSA) is 67.2 Å². The van der Waals surface area contributed by atoms with Gasteiger partial charge in [-0.1, -0.05) is 25.4 Å². The van der Waals surface area contributed by atoms with Gasteiger partial charge < -0.3 is 9.67 Å². The third-order valence-corrected chi connectivity index (χ3v) is 3.58. The summed E-state index contributed by atoms with van der Waals surface area (Å²) in [6.07, 6.45) is 0. The molecule has 20 heavy (non-hydrogen) atoms. The van der Waals surface area contributed by atoms with Gasteiger partial charge in [-0.3, -0.25) is 10.1 Å². The van der Waals surface area contributed by atoms with Crippen LogP contribution >= 0.6 is 11.6 Å². The maximum atomic E-state index is 11.2. The molecule has 6 heteroatoms. The highest BCUT2D eigenvalue weighted by molar-refractivity contribution is 6.31. The third-order valence-electron chi connectivity index (χ3n) is 3.35. The lowest BCUT2D eigenvalue weighted by Crippen LogP contribution is -2.40. The summed E-state index contributed by atoms with van der Waals surface area (Å²) >= 11 is 5.98. The van der Waals surface area contributed by atoms with Gasteiger partial charge in [0.1, 0.15) is 11.9 Å². The molecule has 0 aliphatic heterocycles. The van der Waals surface area contributed by atoms with Crippen LogP contribution in [0.15, 0.2) is 18.2 Å². The molecule has 1 aromatic carbocycles. The van der Waals surface area contributed by atoms with E-state index in [9.17, 15) is 4.79 Å². The molecule has 1 atom stereocenters. The Morgan fingerprint density at radius 2 is 2.20 bits per heavy atom. The second kappa shape index (κ2) is 5.81. The predicted molar refractivity (Wildman–Crippen MR) is 78.8 cm³/mol. The Labute approximate surface area is 122 Å². The molecule has 0 saturated heterocycles. The van der Waals surface area contributed by atoms with E-state index in [1.807, 2.05) is 37.6 Å². The van der Waals surface area contributed by atoms with Crippen LogP contribution in [0.5, 0.6) is 0 Å². The minimum atomic E-state index is -0.846. The van der Waals surface area contributed by atoms with Crippen molar-refractivity contribution in [1.29, 1.82) is 0 Å². The number of nitrogens with zero attached hydrogens (tertiary/aromatic N) is 2. The maximum Gasteiger partial charge on any atom is 0.320 e. The zero-order valence-corrected chi connectivity index (χ0v) is 12.5. The van der Waals surface area contributed by atoms with E-state index >= 15 is 0 Å².